The Bertz CT molecular complexity index is 364. The van der Waals surface area contributed by atoms with Gasteiger partial charge in [-0.05, 0) is 25.3 Å². The molecule has 0 aromatic rings. The van der Waals surface area contributed by atoms with Crippen molar-refractivity contribution in [3.63, 3.8) is 0 Å². The number of aliphatic carboxylic acids is 1. The summed E-state index contributed by atoms with van der Waals surface area (Å²) in [5, 5.41) is 9.01. The second-order valence-corrected chi connectivity index (χ2v) is 6.89. The molecule has 0 bridgehead atoms. The first-order valence-electron chi connectivity index (χ1n) is 7.43. The van der Waals surface area contributed by atoms with Crippen LogP contribution in [0.5, 0.6) is 0 Å². The van der Waals surface area contributed by atoms with Crippen LogP contribution in [0.25, 0.3) is 0 Å². The Kier molecular flexibility index (Phi) is 5.72. The first kappa shape index (κ1) is 15.6. The number of carboxylic acid groups (broad SMARTS) is 1. The van der Waals surface area contributed by atoms with E-state index in [0.29, 0.717) is 13.1 Å². The van der Waals surface area contributed by atoms with Crippen LogP contribution in [0.4, 0.5) is 0 Å². The number of hydrogen-bond acceptors (Lipinski definition) is 4. The molecule has 0 aromatic heterocycles. The highest BCUT2D eigenvalue weighted by atomic mass is 32.2. The molecule has 2 aliphatic rings. The fraction of sp³-hybridized carbons (Fsp3) is 0.857. The van der Waals surface area contributed by atoms with Crippen molar-refractivity contribution in [1.29, 1.82) is 0 Å². The molecule has 1 aliphatic carbocycles. The summed E-state index contributed by atoms with van der Waals surface area (Å²) in [6, 6.07) is -0.154. The van der Waals surface area contributed by atoms with E-state index in [1.165, 1.54) is 0 Å². The molecule has 3 unspecified atom stereocenters. The molecule has 6 heteroatoms. The number of carboxylic acids is 1. The summed E-state index contributed by atoms with van der Waals surface area (Å²) in [5.41, 5.74) is 5.81. The van der Waals surface area contributed by atoms with Crippen LogP contribution in [0.2, 0.25) is 0 Å². The Morgan fingerprint density at radius 3 is 2.75 bits per heavy atom. The van der Waals surface area contributed by atoms with Gasteiger partial charge in [-0.15, -0.1) is 0 Å². The maximum Gasteiger partial charge on any atom is 0.305 e. The second-order valence-electron chi connectivity index (χ2n) is 5.74. The van der Waals surface area contributed by atoms with Crippen LogP contribution in [0.15, 0.2) is 0 Å². The molecule has 1 amide bonds. The van der Waals surface area contributed by atoms with E-state index < -0.39 is 5.97 Å². The number of thioether (sulfide) groups is 1. The van der Waals surface area contributed by atoms with Crippen LogP contribution in [0.3, 0.4) is 0 Å². The highest BCUT2D eigenvalue weighted by molar-refractivity contribution is 7.99. The molecule has 5 nitrogen and oxygen atoms in total. The third kappa shape index (κ3) is 3.67. The number of amides is 1. The predicted molar refractivity (Wildman–Crippen MR) is 79.6 cm³/mol. The molecule has 2 rings (SSSR count). The Morgan fingerprint density at radius 1 is 1.30 bits per heavy atom. The quantitative estimate of drug-likeness (QED) is 0.814. The van der Waals surface area contributed by atoms with E-state index in [1.807, 2.05) is 4.90 Å². The van der Waals surface area contributed by atoms with Gasteiger partial charge in [0, 0.05) is 24.0 Å². The van der Waals surface area contributed by atoms with Crippen molar-refractivity contribution in [2.24, 2.45) is 17.6 Å². The lowest BCUT2D eigenvalue weighted by atomic mass is 9.78. The Labute approximate surface area is 124 Å². The molecule has 1 saturated carbocycles. The Balaban J connectivity index is 2.05. The summed E-state index contributed by atoms with van der Waals surface area (Å²) in [6.45, 7) is 1.23. The maximum atomic E-state index is 12.8. The zero-order chi connectivity index (χ0) is 14.5. The van der Waals surface area contributed by atoms with E-state index in [-0.39, 0.29) is 30.2 Å². The third-order valence-electron chi connectivity index (χ3n) is 4.45. The normalized spacial score (nSPS) is 31.1. The minimum atomic E-state index is -0.825. The van der Waals surface area contributed by atoms with Gasteiger partial charge in [0.15, 0.2) is 0 Å². The lowest BCUT2D eigenvalue weighted by Crippen LogP contribution is -2.51. The highest BCUT2D eigenvalue weighted by Crippen LogP contribution is 2.32. The number of nitrogens with zero attached hydrogens (tertiary/aromatic N) is 1. The molecule has 20 heavy (non-hydrogen) atoms. The van der Waals surface area contributed by atoms with Crippen molar-refractivity contribution in [2.45, 2.75) is 38.1 Å². The molecule has 0 spiro atoms. The molecule has 1 heterocycles. The Morgan fingerprint density at radius 2 is 2.05 bits per heavy atom. The van der Waals surface area contributed by atoms with Gasteiger partial charge in [-0.1, -0.05) is 12.8 Å². The molecule has 0 radical (unpaired) electrons. The van der Waals surface area contributed by atoms with Gasteiger partial charge in [0.1, 0.15) is 0 Å². The van der Waals surface area contributed by atoms with E-state index in [1.54, 1.807) is 11.8 Å². The van der Waals surface area contributed by atoms with Crippen molar-refractivity contribution in [2.75, 3.05) is 24.6 Å². The molecular formula is C14H24N2O3S. The van der Waals surface area contributed by atoms with Gasteiger partial charge in [-0.25, -0.2) is 0 Å². The van der Waals surface area contributed by atoms with Crippen LogP contribution in [0.1, 0.15) is 32.1 Å². The summed E-state index contributed by atoms with van der Waals surface area (Å²) in [6.07, 6.45) is 4.22. The second kappa shape index (κ2) is 7.31. The van der Waals surface area contributed by atoms with Gasteiger partial charge in [0.05, 0.1) is 12.5 Å². The topological polar surface area (TPSA) is 83.6 Å². The number of carbonyl (C=O) groups is 2. The summed E-state index contributed by atoms with van der Waals surface area (Å²) >= 11 is 1.74. The molecule has 1 saturated heterocycles. The summed E-state index contributed by atoms with van der Waals surface area (Å²) in [4.78, 5) is 25.6. The maximum absolute atomic E-state index is 12.8. The van der Waals surface area contributed by atoms with Crippen LogP contribution in [-0.2, 0) is 9.59 Å². The fourth-order valence-electron chi connectivity index (χ4n) is 3.34. The molecule has 114 valence electrons. The lowest BCUT2D eigenvalue weighted by Gasteiger charge is -2.40. The molecule has 1 aliphatic heterocycles. The number of hydrogen-bond donors (Lipinski definition) is 2. The molecule has 0 aromatic carbocycles. The zero-order valence-electron chi connectivity index (χ0n) is 11.8. The van der Waals surface area contributed by atoms with E-state index in [4.69, 9.17) is 10.8 Å². The lowest BCUT2D eigenvalue weighted by molar-refractivity contribution is -0.143. The largest absolute Gasteiger partial charge is 0.481 e. The Hall–Kier alpha value is -0.750. The average molecular weight is 300 g/mol. The van der Waals surface area contributed by atoms with Crippen molar-refractivity contribution in [1.82, 2.24) is 4.90 Å². The number of nitrogens with two attached hydrogens (primary N) is 1. The predicted octanol–water partition coefficient (Wildman–Crippen LogP) is 1.17. The summed E-state index contributed by atoms with van der Waals surface area (Å²) in [5.74, 6) is 1.24. The van der Waals surface area contributed by atoms with Crippen molar-refractivity contribution in [3.05, 3.63) is 0 Å². The molecular weight excluding hydrogens is 276 g/mol. The van der Waals surface area contributed by atoms with Gasteiger partial charge < -0.3 is 15.7 Å². The van der Waals surface area contributed by atoms with Crippen LogP contribution in [0, 0.1) is 11.8 Å². The summed E-state index contributed by atoms with van der Waals surface area (Å²) in [7, 11) is 0. The first-order valence-corrected chi connectivity index (χ1v) is 8.59. The van der Waals surface area contributed by atoms with Crippen molar-refractivity contribution in [3.8, 4) is 0 Å². The highest BCUT2D eigenvalue weighted by Gasteiger charge is 2.37. The fourth-order valence-corrected chi connectivity index (χ4v) is 4.41. The van der Waals surface area contributed by atoms with Crippen molar-refractivity contribution < 1.29 is 14.7 Å². The SMILES string of the molecule is NCC1CCCCC1C(=O)N1CCSCC1CC(=O)O. The smallest absolute Gasteiger partial charge is 0.305 e. The zero-order valence-corrected chi connectivity index (χ0v) is 12.6. The minimum Gasteiger partial charge on any atom is -0.481 e. The standard InChI is InChI=1S/C14H24N2O3S/c15-8-10-3-1-2-4-12(10)14(19)16-5-6-20-9-11(16)7-13(17)18/h10-12H,1-9,15H2,(H,17,18). The van der Waals surface area contributed by atoms with Crippen LogP contribution in [-0.4, -0.2) is 52.5 Å². The third-order valence-corrected chi connectivity index (χ3v) is 5.54. The number of carbonyl (C=O) groups excluding carboxylic acids is 1. The van der Waals surface area contributed by atoms with Gasteiger partial charge in [0.25, 0.3) is 0 Å². The van der Waals surface area contributed by atoms with Gasteiger partial charge in [-0.2, -0.15) is 11.8 Å². The van der Waals surface area contributed by atoms with E-state index in [9.17, 15) is 9.59 Å². The van der Waals surface area contributed by atoms with E-state index in [0.717, 1.165) is 37.2 Å². The number of rotatable bonds is 4. The van der Waals surface area contributed by atoms with Crippen LogP contribution < -0.4 is 5.73 Å². The van der Waals surface area contributed by atoms with Gasteiger partial charge in [0.2, 0.25) is 5.91 Å². The molecule has 3 atom stereocenters. The van der Waals surface area contributed by atoms with Crippen LogP contribution >= 0.6 is 11.8 Å². The molecule has 3 N–H and O–H groups in total. The van der Waals surface area contributed by atoms with E-state index >= 15 is 0 Å². The average Bonchev–Trinajstić information content (AvgIpc) is 2.46. The van der Waals surface area contributed by atoms with Gasteiger partial charge >= 0.3 is 5.97 Å². The van der Waals surface area contributed by atoms with Crippen molar-refractivity contribution >= 4 is 23.6 Å². The minimum absolute atomic E-state index is 0.00754. The monoisotopic (exact) mass is 300 g/mol. The van der Waals surface area contributed by atoms with Gasteiger partial charge in [-0.3, -0.25) is 9.59 Å². The first-order chi connectivity index (χ1) is 9.63. The van der Waals surface area contributed by atoms with E-state index in [2.05, 4.69) is 0 Å². The molecule has 2 fully saturated rings. The summed E-state index contributed by atoms with van der Waals surface area (Å²) < 4.78 is 0.